The number of benzene rings is 1. The van der Waals surface area contributed by atoms with Crippen molar-refractivity contribution in [2.24, 2.45) is 5.73 Å². The van der Waals surface area contributed by atoms with Crippen molar-refractivity contribution < 1.29 is 27.8 Å². The molecule has 0 radical (unpaired) electrons. The van der Waals surface area contributed by atoms with Crippen LogP contribution in [-0.2, 0) is 16.1 Å². The standard InChI is InChI=1S/C18H19F2N5O4/c1-10(15(21)26)22-11-2-3-12-13(6-11)28-5-4-24-7-14(23-16(12)24)25-8-18(19,20)9-29-17(25)27/h2-3,6-7,10,22H,4-5,8-9H2,1H3,(H2,21,26). The van der Waals surface area contributed by atoms with E-state index in [4.69, 9.17) is 10.5 Å². The Morgan fingerprint density at radius 2 is 2.17 bits per heavy atom. The zero-order valence-corrected chi connectivity index (χ0v) is 15.5. The summed E-state index contributed by atoms with van der Waals surface area (Å²) in [6.45, 7) is 0.634. The molecular weight excluding hydrogens is 388 g/mol. The van der Waals surface area contributed by atoms with Gasteiger partial charge in [-0.15, -0.1) is 0 Å². The molecule has 1 atom stereocenters. The van der Waals surface area contributed by atoms with Gasteiger partial charge >= 0.3 is 6.09 Å². The topological polar surface area (TPSA) is 112 Å². The first-order chi connectivity index (χ1) is 13.7. The molecular formula is C18H19F2N5O4. The smallest absolute Gasteiger partial charge is 0.415 e. The second kappa shape index (κ2) is 6.90. The second-order valence-electron chi connectivity index (χ2n) is 6.94. The molecule has 154 valence electrons. The van der Waals surface area contributed by atoms with Crippen molar-refractivity contribution in [1.29, 1.82) is 0 Å². The lowest BCUT2D eigenvalue weighted by atomic mass is 10.1. The minimum atomic E-state index is -3.15. The fraction of sp³-hybridized carbons (Fsp3) is 0.389. The van der Waals surface area contributed by atoms with Crippen LogP contribution in [0.15, 0.2) is 24.4 Å². The number of hydrogen-bond acceptors (Lipinski definition) is 6. The van der Waals surface area contributed by atoms with Crippen molar-refractivity contribution in [2.75, 3.05) is 30.0 Å². The number of ether oxygens (including phenoxy) is 2. The molecule has 2 amide bonds. The molecule has 3 heterocycles. The Labute approximate surface area is 164 Å². The zero-order chi connectivity index (χ0) is 20.8. The number of fused-ring (bicyclic) bond motifs is 3. The molecule has 0 bridgehead atoms. The number of primary amides is 1. The van der Waals surface area contributed by atoms with E-state index < -0.39 is 37.1 Å². The quantitative estimate of drug-likeness (QED) is 0.800. The lowest BCUT2D eigenvalue weighted by molar-refractivity contribution is -0.118. The normalized spacial score (nSPS) is 18.6. The van der Waals surface area contributed by atoms with E-state index in [1.165, 1.54) is 6.20 Å². The Morgan fingerprint density at radius 3 is 2.93 bits per heavy atom. The van der Waals surface area contributed by atoms with Crippen LogP contribution in [0.5, 0.6) is 5.75 Å². The first-order valence-electron chi connectivity index (χ1n) is 8.96. The van der Waals surface area contributed by atoms with Gasteiger partial charge in [-0.3, -0.25) is 9.69 Å². The Kier molecular flexibility index (Phi) is 4.52. The van der Waals surface area contributed by atoms with Crippen molar-refractivity contribution in [2.45, 2.75) is 25.4 Å². The van der Waals surface area contributed by atoms with E-state index >= 15 is 0 Å². The summed E-state index contributed by atoms with van der Waals surface area (Å²) in [4.78, 5) is 28.4. The second-order valence-corrected chi connectivity index (χ2v) is 6.94. The van der Waals surface area contributed by atoms with Crippen LogP contribution in [0.4, 0.5) is 25.1 Å². The van der Waals surface area contributed by atoms with E-state index in [1.54, 1.807) is 29.7 Å². The van der Waals surface area contributed by atoms with Gasteiger partial charge in [0, 0.05) is 18.0 Å². The van der Waals surface area contributed by atoms with Gasteiger partial charge in [-0.1, -0.05) is 0 Å². The van der Waals surface area contributed by atoms with Crippen molar-refractivity contribution >= 4 is 23.5 Å². The predicted molar refractivity (Wildman–Crippen MR) is 99.1 cm³/mol. The fourth-order valence-electron chi connectivity index (χ4n) is 3.17. The molecule has 1 aromatic carbocycles. The Morgan fingerprint density at radius 1 is 1.38 bits per heavy atom. The maximum Gasteiger partial charge on any atom is 0.415 e. The number of nitrogens with zero attached hydrogens (tertiary/aromatic N) is 3. The van der Waals surface area contributed by atoms with Gasteiger partial charge in [-0.2, -0.15) is 0 Å². The molecule has 2 aliphatic rings. The minimum Gasteiger partial charge on any atom is -0.491 e. The molecule has 29 heavy (non-hydrogen) atoms. The molecule has 0 aliphatic carbocycles. The predicted octanol–water partition coefficient (Wildman–Crippen LogP) is 1.82. The number of cyclic esters (lactones) is 1. The van der Waals surface area contributed by atoms with Crippen molar-refractivity contribution in [3.05, 3.63) is 24.4 Å². The van der Waals surface area contributed by atoms with Crippen molar-refractivity contribution in [1.82, 2.24) is 9.55 Å². The molecule has 4 rings (SSSR count). The van der Waals surface area contributed by atoms with Gasteiger partial charge in [0.15, 0.2) is 12.4 Å². The summed E-state index contributed by atoms with van der Waals surface area (Å²) >= 11 is 0. The third-order valence-electron chi connectivity index (χ3n) is 4.68. The summed E-state index contributed by atoms with van der Waals surface area (Å²) in [6, 6.07) is 4.61. The van der Waals surface area contributed by atoms with Crippen molar-refractivity contribution in [3.8, 4) is 17.1 Å². The maximum absolute atomic E-state index is 13.7. The summed E-state index contributed by atoms with van der Waals surface area (Å²) in [6.07, 6.45) is 0.665. The van der Waals surface area contributed by atoms with Crippen LogP contribution in [0.1, 0.15) is 6.92 Å². The molecule has 1 fully saturated rings. The van der Waals surface area contributed by atoms with Crippen LogP contribution in [0.25, 0.3) is 11.4 Å². The molecule has 2 aromatic rings. The summed E-state index contributed by atoms with van der Waals surface area (Å²) in [7, 11) is 0. The number of alkyl halides is 2. The SMILES string of the molecule is CC(Nc1ccc2c(c1)OCCn1cc(N3CC(F)(F)COC3=O)nc1-2)C(N)=O. The number of hydrogen-bond donors (Lipinski definition) is 2. The highest BCUT2D eigenvalue weighted by molar-refractivity contribution is 5.88. The van der Waals surface area contributed by atoms with E-state index in [-0.39, 0.29) is 5.82 Å². The number of aromatic nitrogens is 2. The van der Waals surface area contributed by atoms with E-state index in [0.29, 0.717) is 36.0 Å². The van der Waals surface area contributed by atoms with Gasteiger partial charge in [-0.05, 0) is 19.1 Å². The molecule has 0 saturated carbocycles. The van der Waals surface area contributed by atoms with Gasteiger partial charge < -0.3 is 25.1 Å². The number of carbonyl (C=O) groups excluding carboxylic acids is 2. The molecule has 11 heteroatoms. The molecule has 1 saturated heterocycles. The van der Waals surface area contributed by atoms with Crippen molar-refractivity contribution in [3.63, 3.8) is 0 Å². The molecule has 2 aliphatic heterocycles. The van der Waals surface area contributed by atoms with Crippen LogP contribution in [0.3, 0.4) is 0 Å². The maximum atomic E-state index is 13.7. The van der Waals surface area contributed by atoms with Crippen LogP contribution in [-0.4, -0.2) is 53.3 Å². The number of nitrogens with one attached hydrogen (secondary N) is 1. The first kappa shape index (κ1) is 19.0. The molecule has 9 nitrogen and oxygen atoms in total. The van der Waals surface area contributed by atoms with E-state index in [9.17, 15) is 18.4 Å². The molecule has 1 unspecified atom stereocenters. The van der Waals surface area contributed by atoms with Gasteiger partial charge in [0.1, 0.15) is 24.2 Å². The number of anilines is 2. The molecule has 3 N–H and O–H groups in total. The summed E-state index contributed by atoms with van der Waals surface area (Å²) in [5, 5.41) is 2.97. The first-order valence-corrected chi connectivity index (χ1v) is 8.96. The third kappa shape index (κ3) is 3.67. The van der Waals surface area contributed by atoms with Crippen LogP contribution in [0.2, 0.25) is 0 Å². The van der Waals surface area contributed by atoms with Gasteiger partial charge in [0.2, 0.25) is 5.91 Å². The minimum absolute atomic E-state index is 0.0850. The summed E-state index contributed by atoms with van der Waals surface area (Å²) in [5.41, 5.74) is 6.53. The average molecular weight is 407 g/mol. The Bertz CT molecular complexity index is 977. The highest BCUT2D eigenvalue weighted by Crippen LogP contribution is 2.36. The Hall–Kier alpha value is -3.37. The number of rotatable bonds is 4. The number of nitrogens with two attached hydrogens (primary N) is 1. The number of halogens is 2. The monoisotopic (exact) mass is 407 g/mol. The lowest BCUT2D eigenvalue weighted by Crippen LogP contribution is -2.50. The number of carbonyl (C=O) groups is 2. The number of imidazole rings is 1. The summed E-state index contributed by atoms with van der Waals surface area (Å²) < 4.78 is 39.5. The van der Waals surface area contributed by atoms with E-state index in [2.05, 4.69) is 15.0 Å². The van der Waals surface area contributed by atoms with Crippen LogP contribution >= 0.6 is 0 Å². The molecule has 0 spiro atoms. The highest BCUT2D eigenvalue weighted by Gasteiger charge is 2.42. The van der Waals surface area contributed by atoms with Gasteiger partial charge in [0.25, 0.3) is 5.92 Å². The van der Waals surface area contributed by atoms with E-state index in [1.807, 2.05) is 0 Å². The fourth-order valence-corrected chi connectivity index (χ4v) is 3.17. The number of amides is 2. The average Bonchev–Trinajstić information content (AvgIpc) is 3.00. The lowest BCUT2D eigenvalue weighted by Gasteiger charge is -2.30. The Balaban J connectivity index is 1.67. The molecule has 1 aromatic heterocycles. The van der Waals surface area contributed by atoms with Crippen LogP contribution < -0.4 is 20.7 Å². The van der Waals surface area contributed by atoms with E-state index in [0.717, 1.165) is 4.90 Å². The third-order valence-corrected chi connectivity index (χ3v) is 4.68. The summed E-state index contributed by atoms with van der Waals surface area (Å²) in [5.74, 6) is -2.57. The van der Waals surface area contributed by atoms with Gasteiger partial charge in [0.05, 0.1) is 18.7 Å². The largest absolute Gasteiger partial charge is 0.491 e. The highest BCUT2D eigenvalue weighted by atomic mass is 19.3. The van der Waals surface area contributed by atoms with Gasteiger partial charge in [-0.25, -0.2) is 18.6 Å². The van der Waals surface area contributed by atoms with Crippen LogP contribution in [0, 0.1) is 0 Å². The zero-order valence-electron chi connectivity index (χ0n) is 15.5.